The zero-order chi connectivity index (χ0) is 13.1. The molecule has 0 saturated carbocycles. The molecule has 4 nitrogen and oxygen atoms in total. The predicted octanol–water partition coefficient (Wildman–Crippen LogP) is 1.67. The Morgan fingerprint density at radius 1 is 1.35 bits per heavy atom. The second-order valence-electron chi connectivity index (χ2n) is 3.72. The van der Waals surface area contributed by atoms with Gasteiger partial charge >= 0.3 is 0 Å². The van der Waals surface area contributed by atoms with Crippen LogP contribution in [0.15, 0.2) is 17.0 Å². The molecule has 0 aliphatic carbocycles. The molecular formula is C11H17ClN2O2S. The molecule has 0 spiro atoms. The summed E-state index contributed by atoms with van der Waals surface area (Å²) in [4.78, 5) is 0.247. The Morgan fingerprint density at radius 2 is 2.00 bits per heavy atom. The standard InChI is InChI=1S/C11H17ClN2O2S/c1-4-14-17(15,16)11-6-10(12)5-9(7-13-3)8(11)2/h5-6,13-14H,4,7H2,1-3H3. The van der Waals surface area contributed by atoms with Crippen LogP contribution in [0.25, 0.3) is 0 Å². The van der Waals surface area contributed by atoms with Crippen LogP contribution in [0.1, 0.15) is 18.1 Å². The smallest absolute Gasteiger partial charge is 0.240 e. The van der Waals surface area contributed by atoms with Gasteiger partial charge in [0.15, 0.2) is 0 Å². The fourth-order valence-corrected chi connectivity index (χ4v) is 3.29. The fraction of sp³-hybridized carbons (Fsp3) is 0.455. The highest BCUT2D eigenvalue weighted by Gasteiger charge is 2.18. The number of rotatable bonds is 5. The predicted molar refractivity (Wildman–Crippen MR) is 69.8 cm³/mol. The highest BCUT2D eigenvalue weighted by Crippen LogP contribution is 2.24. The van der Waals surface area contributed by atoms with Crippen molar-refractivity contribution in [3.05, 3.63) is 28.3 Å². The Hall–Kier alpha value is -0.620. The molecule has 0 radical (unpaired) electrons. The molecule has 0 aliphatic rings. The zero-order valence-corrected chi connectivity index (χ0v) is 11.7. The van der Waals surface area contributed by atoms with E-state index >= 15 is 0 Å². The van der Waals surface area contributed by atoms with Gasteiger partial charge in [-0.2, -0.15) is 0 Å². The molecular weight excluding hydrogens is 260 g/mol. The van der Waals surface area contributed by atoms with Crippen molar-refractivity contribution in [1.29, 1.82) is 0 Å². The van der Waals surface area contributed by atoms with Crippen LogP contribution in [0.3, 0.4) is 0 Å². The second kappa shape index (κ2) is 5.82. The summed E-state index contributed by atoms with van der Waals surface area (Å²) < 4.78 is 26.4. The lowest BCUT2D eigenvalue weighted by molar-refractivity contribution is 0.583. The van der Waals surface area contributed by atoms with E-state index in [-0.39, 0.29) is 4.90 Å². The Labute approximate surface area is 107 Å². The molecule has 1 aromatic carbocycles. The third kappa shape index (κ3) is 3.42. The molecule has 0 aliphatic heterocycles. The summed E-state index contributed by atoms with van der Waals surface area (Å²) in [5, 5.41) is 3.42. The highest BCUT2D eigenvalue weighted by molar-refractivity contribution is 7.89. The SMILES string of the molecule is CCNS(=O)(=O)c1cc(Cl)cc(CNC)c1C. The molecule has 17 heavy (non-hydrogen) atoms. The van der Waals surface area contributed by atoms with Crippen molar-refractivity contribution in [1.82, 2.24) is 10.0 Å². The van der Waals surface area contributed by atoms with E-state index in [4.69, 9.17) is 11.6 Å². The molecule has 0 fully saturated rings. The first kappa shape index (κ1) is 14.4. The van der Waals surface area contributed by atoms with Crippen molar-refractivity contribution < 1.29 is 8.42 Å². The number of sulfonamides is 1. The average molecular weight is 277 g/mol. The normalized spacial score (nSPS) is 11.8. The van der Waals surface area contributed by atoms with Gasteiger partial charge in [-0.05, 0) is 37.2 Å². The Balaban J connectivity index is 3.34. The molecule has 96 valence electrons. The molecule has 0 heterocycles. The van der Waals surface area contributed by atoms with Crippen molar-refractivity contribution in [2.45, 2.75) is 25.3 Å². The molecule has 0 unspecified atom stereocenters. The van der Waals surface area contributed by atoms with Gasteiger partial charge in [-0.3, -0.25) is 0 Å². The Kier molecular flexibility index (Phi) is 4.94. The maximum absolute atomic E-state index is 12.0. The summed E-state index contributed by atoms with van der Waals surface area (Å²) in [6.45, 7) is 4.47. The number of nitrogens with one attached hydrogen (secondary N) is 2. The van der Waals surface area contributed by atoms with Crippen LogP contribution in [0.2, 0.25) is 5.02 Å². The first-order valence-electron chi connectivity index (χ1n) is 5.35. The zero-order valence-electron chi connectivity index (χ0n) is 10.2. The highest BCUT2D eigenvalue weighted by atomic mass is 35.5. The van der Waals surface area contributed by atoms with Crippen LogP contribution in [-0.2, 0) is 16.6 Å². The van der Waals surface area contributed by atoms with Crippen molar-refractivity contribution in [2.75, 3.05) is 13.6 Å². The van der Waals surface area contributed by atoms with Crippen LogP contribution in [-0.4, -0.2) is 22.0 Å². The van der Waals surface area contributed by atoms with E-state index in [0.717, 1.165) is 11.1 Å². The summed E-state index contributed by atoms with van der Waals surface area (Å²) in [7, 11) is -1.66. The lowest BCUT2D eigenvalue weighted by Crippen LogP contribution is -2.24. The number of halogens is 1. The van der Waals surface area contributed by atoms with Gasteiger partial charge in [-0.25, -0.2) is 13.1 Å². The van der Waals surface area contributed by atoms with E-state index in [1.54, 1.807) is 27.0 Å². The topological polar surface area (TPSA) is 58.2 Å². The quantitative estimate of drug-likeness (QED) is 0.860. The largest absolute Gasteiger partial charge is 0.316 e. The molecule has 1 rings (SSSR count). The van der Waals surface area contributed by atoms with Gasteiger partial charge in [0.1, 0.15) is 0 Å². The third-order valence-electron chi connectivity index (χ3n) is 2.42. The van der Waals surface area contributed by atoms with Crippen LogP contribution >= 0.6 is 11.6 Å². The average Bonchev–Trinajstić information content (AvgIpc) is 2.23. The molecule has 0 amide bonds. The summed E-state index contributed by atoms with van der Waals surface area (Å²) in [5.41, 5.74) is 1.61. The number of hydrogen-bond acceptors (Lipinski definition) is 3. The maximum atomic E-state index is 12.0. The molecule has 6 heteroatoms. The Morgan fingerprint density at radius 3 is 2.53 bits per heavy atom. The van der Waals surface area contributed by atoms with E-state index < -0.39 is 10.0 Å². The van der Waals surface area contributed by atoms with Crippen molar-refractivity contribution in [3.8, 4) is 0 Å². The lowest BCUT2D eigenvalue weighted by atomic mass is 10.1. The summed E-state index contributed by atoms with van der Waals surface area (Å²) >= 11 is 5.94. The van der Waals surface area contributed by atoms with Crippen LogP contribution in [0.5, 0.6) is 0 Å². The first-order valence-corrected chi connectivity index (χ1v) is 7.21. The molecule has 1 aromatic rings. The van der Waals surface area contributed by atoms with Gasteiger partial charge in [0.25, 0.3) is 0 Å². The van der Waals surface area contributed by atoms with E-state index in [0.29, 0.717) is 18.1 Å². The lowest BCUT2D eigenvalue weighted by Gasteiger charge is -2.13. The first-order chi connectivity index (χ1) is 7.92. The summed E-state index contributed by atoms with van der Waals surface area (Å²) in [6, 6.07) is 3.26. The van der Waals surface area contributed by atoms with E-state index in [9.17, 15) is 8.42 Å². The van der Waals surface area contributed by atoms with Crippen molar-refractivity contribution >= 4 is 21.6 Å². The second-order valence-corrected chi connectivity index (χ2v) is 5.89. The van der Waals surface area contributed by atoms with Gasteiger partial charge < -0.3 is 5.32 Å². The van der Waals surface area contributed by atoms with Crippen LogP contribution in [0.4, 0.5) is 0 Å². The fourth-order valence-electron chi connectivity index (χ4n) is 1.63. The van der Waals surface area contributed by atoms with Crippen LogP contribution < -0.4 is 10.0 Å². The van der Waals surface area contributed by atoms with E-state index in [1.165, 1.54) is 6.07 Å². The molecule has 0 bridgehead atoms. The maximum Gasteiger partial charge on any atom is 0.240 e. The van der Waals surface area contributed by atoms with E-state index in [1.807, 2.05) is 0 Å². The summed E-state index contributed by atoms with van der Waals surface area (Å²) in [5.74, 6) is 0. The molecule has 0 atom stereocenters. The van der Waals surface area contributed by atoms with E-state index in [2.05, 4.69) is 10.0 Å². The number of hydrogen-bond donors (Lipinski definition) is 2. The minimum absolute atomic E-state index is 0.247. The molecule has 0 saturated heterocycles. The van der Waals surface area contributed by atoms with Crippen molar-refractivity contribution in [2.24, 2.45) is 0 Å². The van der Waals surface area contributed by atoms with Crippen LogP contribution in [0, 0.1) is 6.92 Å². The van der Waals surface area contributed by atoms with Gasteiger partial charge in [-0.1, -0.05) is 18.5 Å². The molecule has 2 N–H and O–H groups in total. The third-order valence-corrected chi connectivity index (χ3v) is 4.31. The Bertz CT molecular complexity index is 500. The minimum atomic E-state index is -3.47. The van der Waals surface area contributed by atoms with Gasteiger partial charge in [-0.15, -0.1) is 0 Å². The monoisotopic (exact) mass is 276 g/mol. The minimum Gasteiger partial charge on any atom is -0.316 e. The summed E-state index contributed by atoms with van der Waals surface area (Å²) in [6.07, 6.45) is 0. The number of benzene rings is 1. The van der Waals surface area contributed by atoms with Gasteiger partial charge in [0.05, 0.1) is 4.90 Å². The van der Waals surface area contributed by atoms with Crippen molar-refractivity contribution in [3.63, 3.8) is 0 Å². The van der Waals surface area contributed by atoms with Gasteiger partial charge in [0.2, 0.25) is 10.0 Å². The molecule has 0 aromatic heterocycles. The van der Waals surface area contributed by atoms with Gasteiger partial charge in [0, 0.05) is 18.1 Å².